The van der Waals surface area contributed by atoms with Crippen molar-refractivity contribution in [1.29, 1.82) is 0 Å². The quantitative estimate of drug-likeness (QED) is 0.623. The molecule has 160 valence electrons. The maximum atomic E-state index is 6.36. The number of pyridine rings is 1. The number of benzene rings is 1. The summed E-state index contributed by atoms with van der Waals surface area (Å²) < 4.78 is 1.08. The lowest BCUT2D eigenvalue weighted by Gasteiger charge is -2.39. The Kier molecular flexibility index (Phi) is 6.47. The van der Waals surface area contributed by atoms with Crippen molar-refractivity contribution in [3.63, 3.8) is 0 Å². The minimum atomic E-state index is 0.332. The lowest BCUT2D eigenvalue weighted by molar-refractivity contribution is 0.128. The monoisotopic (exact) mass is 487 g/mol. The van der Waals surface area contributed by atoms with Gasteiger partial charge in [0.15, 0.2) is 0 Å². The van der Waals surface area contributed by atoms with Crippen LogP contribution in [0.3, 0.4) is 0 Å². The first-order valence-corrected chi connectivity index (χ1v) is 12.7. The number of fused-ring (bicyclic) bond motifs is 2. The van der Waals surface area contributed by atoms with Crippen LogP contribution in [0.5, 0.6) is 0 Å². The topological polar surface area (TPSA) is 28.2 Å². The van der Waals surface area contributed by atoms with Gasteiger partial charge < -0.3 is 10.2 Å². The zero-order valence-electron chi connectivity index (χ0n) is 17.5. The van der Waals surface area contributed by atoms with Crippen LogP contribution in [0.1, 0.15) is 54.0 Å². The summed E-state index contributed by atoms with van der Waals surface area (Å²) in [5, 5.41) is 4.36. The highest BCUT2D eigenvalue weighted by molar-refractivity contribution is 9.10. The summed E-state index contributed by atoms with van der Waals surface area (Å²) >= 11 is 9.98. The van der Waals surface area contributed by atoms with Gasteiger partial charge in [-0.2, -0.15) is 0 Å². The number of rotatable bonds is 3. The van der Waals surface area contributed by atoms with E-state index in [2.05, 4.69) is 50.4 Å². The van der Waals surface area contributed by atoms with Crippen LogP contribution in [-0.4, -0.2) is 42.6 Å². The van der Waals surface area contributed by atoms with Gasteiger partial charge in [0.2, 0.25) is 0 Å². The van der Waals surface area contributed by atoms with E-state index in [1.54, 1.807) is 0 Å². The molecular weight excluding hydrogens is 458 g/mol. The Hall–Kier alpha value is -0.940. The zero-order valence-corrected chi connectivity index (χ0v) is 19.9. The molecule has 0 radical (unpaired) electrons. The van der Waals surface area contributed by atoms with E-state index in [1.807, 2.05) is 6.20 Å². The molecule has 1 unspecified atom stereocenters. The number of nitrogens with zero attached hydrogens (tertiary/aromatic N) is 2. The van der Waals surface area contributed by atoms with Crippen LogP contribution in [0.15, 0.2) is 34.9 Å². The molecule has 1 N–H and O–H groups in total. The van der Waals surface area contributed by atoms with Crippen molar-refractivity contribution < 1.29 is 0 Å². The molecule has 3 aliphatic rings. The molecule has 2 aromatic rings. The van der Waals surface area contributed by atoms with Gasteiger partial charge in [0, 0.05) is 28.2 Å². The number of hydrogen-bond donors (Lipinski definition) is 1. The van der Waals surface area contributed by atoms with Gasteiger partial charge in [-0.15, -0.1) is 0 Å². The van der Waals surface area contributed by atoms with Crippen molar-refractivity contribution in [3.8, 4) is 0 Å². The number of aromatic nitrogens is 1. The summed E-state index contributed by atoms with van der Waals surface area (Å²) in [6.45, 7) is 5.93. The van der Waals surface area contributed by atoms with E-state index in [1.165, 1.54) is 74.2 Å². The molecular formula is C25H31BrClN3. The molecule has 5 rings (SSSR count). The summed E-state index contributed by atoms with van der Waals surface area (Å²) in [6.07, 6.45) is 9.48. The van der Waals surface area contributed by atoms with Gasteiger partial charge in [-0.3, -0.25) is 4.98 Å². The first-order valence-electron chi connectivity index (χ1n) is 11.5. The number of piperidine rings is 2. The van der Waals surface area contributed by atoms with Crippen molar-refractivity contribution in [2.45, 2.75) is 44.4 Å². The molecule has 1 aliphatic carbocycles. The Balaban J connectivity index is 1.36. The van der Waals surface area contributed by atoms with E-state index < -0.39 is 0 Å². The van der Waals surface area contributed by atoms with Gasteiger partial charge in [0.1, 0.15) is 0 Å². The van der Waals surface area contributed by atoms with Crippen molar-refractivity contribution in [3.05, 3.63) is 62.3 Å². The maximum Gasteiger partial charge on any atom is 0.0524 e. The largest absolute Gasteiger partial charge is 0.317 e. The normalized spacial score (nSPS) is 23.6. The minimum absolute atomic E-state index is 0.332. The average molecular weight is 489 g/mol. The molecule has 2 saturated heterocycles. The van der Waals surface area contributed by atoms with Crippen LogP contribution in [-0.2, 0) is 12.8 Å². The smallest absolute Gasteiger partial charge is 0.0524 e. The molecule has 1 atom stereocenters. The molecule has 0 bridgehead atoms. The second kappa shape index (κ2) is 9.28. The first-order chi connectivity index (χ1) is 14.7. The van der Waals surface area contributed by atoms with Gasteiger partial charge >= 0.3 is 0 Å². The molecule has 0 spiro atoms. The van der Waals surface area contributed by atoms with Crippen LogP contribution >= 0.6 is 27.5 Å². The van der Waals surface area contributed by atoms with E-state index in [4.69, 9.17) is 16.6 Å². The number of halogens is 2. The molecule has 3 nitrogen and oxygen atoms in total. The van der Waals surface area contributed by atoms with Crippen LogP contribution < -0.4 is 5.32 Å². The zero-order chi connectivity index (χ0) is 20.5. The third-order valence-corrected chi connectivity index (χ3v) is 8.23. The second-order valence-electron chi connectivity index (χ2n) is 9.32. The third-order valence-electron chi connectivity index (χ3n) is 7.57. The fraction of sp³-hybridized carbons (Fsp3) is 0.560. The Morgan fingerprint density at radius 3 is 2.53 bits per heavy atom. The molecule has 2 aliphatic heterocycles. The third kappa shape index (κ3) is 4.48. The van der Waals surface area contributed by atoms with Crippen LogP contribution in [0.25, 0.3) is 0 Å². The van der Waals surface area contributed by atoms with E-state index in [-0.39, 0.29) is 0 Å². The van der Waals surface area contributed by atoms with E-state index >= 15 is 0 Å². The highest BCUT2D eigenvalue weighted by atomic mass is 79.9. The Morgan fingerprint density at radius 1 is 1.00 bits per heavy atom. The fourth-order valence-corrected chi connectivity index (χ4v) is 6.49. The standard InChI is InChI=1S/C25H31BrClN3/c26-21-13-20-2-1-19-14-22(27)3-4-23(19)24(25(20)29-15-21)16-30-11-7-18(8-12-30)17-5-9-28-10-6-17/h3-4,13-15,17-18,24,28H,1-2,5-12,16H2. The first kappa shape index (κ1) is 20.9. The van der Waals surface area contributed by atoms with Gasteiger partial charge in [0.05, 0.1) is 5.69 Å². The van der Waals surface area contributed by atoms with Crippen LogP contribution in [0, 0.1) is 11.8 Å². The Labute approximate surface area is 193 Å². The summed E-state index contributed by atoms with van der Waals surface area (Å²) in [7, 11) is 0. The number of nitrogens with one attached hydrogen (secondary N) is 1. The lowest BCUT2D eigenvalue weighted by Crippen LogP contribution is -2.41. The SMILES string of the molecule is Clc1ccc2c(c1)CCc1cc(Br)cnc1C2CN1CCC(C2CCNCC2)CC1. The second-order valence-corrected chi connectivity index (χ2v) is 10.7. The van der Waals surface area contributed by atoms with E-state index in [0.29, 0.717) is 5.92 Å². The highest BCUT2D eigenvalue weighted by Gasteiger charge is 2.31. The van der Waals surface area contributed by atoms with Crippen molar-refractivity contribution in [2.75, 3.05) is 32.7 Å². The molecule has 5 heteroatoms. The van der Waals surface area contributed by atoms with E-state index in [9.17, 15) is 0 Å². The number of hydrogen-bond acceptors (Lipinski definition) is 3. The maximum absolute atomic E-state index is 6.36. The van der Waals surface area contributed by atoms with Crippen molar-refractivity contribution in [1.82, 2.24) is 15.2 Å². The lowest BCUT2D eigenvalue weighted by atomic mass is 9.79. The summed E-state index contributed by atoms with van der Waals surface area (Å²) in [5.74, 6) is 2.19. The molecule has 30 heavy (non-hydrogen) atoms. The van der Waals surface area contributed by atoms with Crippen molar-refractivity contribution >= 4 is 27.5 Å². The predicted molar refractivity (Wildman–Crippen MR) is 127 cm³/mol. The molecule has 2 fully saturated rings. The number of aryl methyl sites for hydroxylation is 2. The van der Waals surface area contributed by atoms with Crippen LogP contribution in [0.4, 0.5) is 0 Å². The molecule has 1 aromatic heterocycles. The molecule has 1 aromatic carbocycles. The summed E-state index contributed by atoms with van der Waals surface area (Å²) in [5.41, 5.74) is 5.46. The average Bonchev–Trinajstić information content (AvgIpc) is 2.91. The summed E-state index contributed by atoms with van der Waals surface area (Å²) in [6, 6.07) is 8.75. The fourth-order valence-electron chi connectivity index (χ4n) is 5.92. The number of likely N-dealkylation sites (tertiary alicyclic amines) is 1. The van der Waals surface area contributed by atoms with Gasteiger partial charge in [0.25, 0.3) is 0 Å². The summed E-state index contributed by atoms with van der Waals surface area (Å²) in [4.78, 5) is 7.62. The van der Waals surface area contributed by atoms with Crippen molar-refractivity contribution in [2.24, 2.45) is 11.8 Å². The Bertz CT molecular complexity index is 834. The Morgan fingerprint density at radius 2 is 1.73 bits per heavy atom. The van der Waals surface area contributed by atoms with Gasteiger partial charge in [-0.1, -0.05) is 17.7 Å². The molecule has 0 saturated carbocycles. The van der Waals surface area contributed by atoms with Gasteiger partial charge in [-0.25, -0.2) is 0 Å². The molecule has 0 amide bonds. The highest BCUT2D eigenvalue weighted by Crippen LogP contribution is 2.37. The van der Waals surface area contributed by atoms with E-state index in [0.717, 1.165) is 40.7 Å². The van der Waals surface area contributed by atoms with Gasteiger partial charge in [-0.05, 0) is 127 Å². The molecule has 3 heterocycles. The predicted octanol–water partition coefficient (Wildman–Crippen LogP) is 5.44. The van der Waals surface area contributed by atoms with Crippen LogP contribution in [0.2, 0.25) is 5.02 Å². The minimum Gasteiger partial charge on any atom is -0.317 e.